The van der Waals surface area contributed by atoms with E-state index in [-0.39, 0.29) is 44.2 Å². The average molecular weight is 634 g/mol. The number of amides is 5. The molecule has 4 N–H and O–H groups in total. The molecule has 0 spiro atoms. The predicted molar refractivity (Wildman–Crippen MR) is 172 cm³/mol. The molecule has 13 nitrogen and oxygen atoms in total. The fraction of sp³-hybridized carbons (Fsp3) is 0.364. The van der Waals surface area contributed by atoms with Crippen LogP contribution in [0.1, 0.15) is 19.4 Å². The number of anilines is 3. The largest absolute Gasteiger partial charge is 0.497 e. The summed E-state index contributed by atoms with van der Waals surface area (Å²) in [6.45, 7) is 4.19. The van der Waals surface area contributed by atoms with Gasteiger partial charge in [-0.15, -0.1) is 0 Å². The molecular weight excluding hydrogens is 594 g/mol. The van der Waals surface area contributed by atoms with Crippen molar-refractivity contribution in [3.63, 3.8) is 0 Å². The van der Waals surface area contributed by atoms with Gasteiger partial charge in [0, 0.05) is 48.2 Å². The Labute approximate surface area is 267 Å². The topological polar surface area (TPSA) is 151 Å². The number of nitrogens with one attached hydrogen (secondary N) is 3. The van der Waals surface area contributed by atoms with Crippen LogP contribution in [0.2, 0.25) is 0 Å². The quantitative estimate of drug-likeness (QED) is 0.285. The molecule has 13 heteroatoms. The molecule has 0 unspecified atom stereocenters. The van der Waals surface area contributed by atoms with E-state index in [4.69, 9.17) is 18.9 Å². The van der Waals surface area contributed by atoms with Gasteiger partial charge in [-0.2, -0.15) is 0 Å². The van der Waals surface area contributed by atoms with Gasteiger partial charge >= 0.3 is 12.1 Å². The Hall–Kier alpha value is -5.17. The Bertz CT molecular complexity index is 1570. The van der Waals surface area contributed by atoms with Crippen LogP contribution in [0.5, 0.6) is 23.0 Å². The molecule has 0 aromatic heterocycles. The van der Waals surface area contributed by atoms with E-state index in [2.05, 4.69) is 16.0 Å². The average Bonchev–Trinajstić information content (AvgIpc) is 3.53. The number of fused-ring (bicyclic) bond motifs is 2. The molecule has 0 radical (unpaired) electrons. The molecule has 244 valence electrons. The lowest BCUT2D eigenvalue weighted by molar-refractivity contribution is -0.134. The number of benzene rings is 3. The zero-order valence-corrected chi connectivity index (χ0v) is 26.2. The van der Waals surface area contributed by atoms with Gasteiger partial charge in [0.25, 0.3) is 0 Å². The van der Waals surface area contributed by atoms with E-state index in [9.17, 15) is 19.5 Å². The second kappa shape index (κ2) is 14.3. The third-order valence-corrected chi connectivity index (χ3v) is 7.95. The van der Waals surface area contributed by atoms with Gasteiger partial charge < -0.3 is 49.8 Å². The van der Waals surface area contributed by atoms with Crippen LogP contribution < -0.4 is 34.9 Å². The highest BCUT2D eigenvalue weighted by molar-refractivity contribution is 6.00. The van der Waals surface area contributed by atoms with Gasteiger partial charge in [0.1, 0.15) is 17.6 Å². The van der Waals surface area contributed by atoms with Gasteiger partial charge in [0.2, 0.25) is 12.7 Å². The summed E-state index contributed by atoms with van der Waals surface area (Å²) in [6, 6.07) is 16.0. The lowest BCUT2D eigenvalue weighted by atomic mass is 10.0. The third kappa shape index (κ3) is 7.72. The maximum absolute atomic E-state index is 13.5. The molecule has 3 aromatic rings. The molecule has 46 heavy (non-hydrogen) atoms. The zero-order valence-electron chi connectivity index (χ0n) is 26.2. The van der Waals surface area contributed by atoms with Crippen LogP contribution in [0.25, 0.3) is 0 Å². The van der Waals surface area contributed by atoms with Gasteiger partial charge in [-0.05, 0) is 61.5 Å². The number of hydrogen-bond acceptors (Lipinski definition) is 8. The van der Waals surface area contributed by atoms with Crippen LogP contribution in [-0.2, 0) is 11.2 Å². The summed E-state index contributed by atoms with van der Waals surface area (Å²) in [5, 5.41) is 18.4. The minimum atomic E-state index is -0.502. The molecule has 3 aromatic carbocycles. The fourth-order valence-electron chi connectivity index (χ4n) is 5.24. The molecule has 2 aliphatic heterocycles. The summed E-state index contributed by atoms with van der Waals surface area (Å²) in [6.07, 6.45) is -0.510. The first-order valence-corrected chi connectivity index (χ1v) is 15.0. The van der Waals surface area contributed by atoms with Crippen molar-refractivity contribution >= 4 is 35.0 Å². The number of rotatable bonds is 8. The molecule has 0 saturated heterocycles. The van der Waals surface area contributed by atoms with Gasteiger partial charge in [0.05, 0.1) is 32.7 Å². The van der Waals surface area contributed by atoms with Gasteiger partial charge in [0.15, 0.2) is 11.5 Å². The highest BCUT2D eigenvalue weighted by atomic mass is 16.7. The van der Waals surface area contributed by atoms with Crippen molar-refractivity contribution in [1.82, 2.24) is 9.80 Å². The molecule has 0 fully saturated rings. The van der Waals surface area contributed by atoms with E-state index in [1.54, 1.807) is 86.6 Å². The van der Waals surface area contributed by atoms with E-state index in [1.165, 1.54) is 4.90 Å². The molecule has 0 aliphatic carbocycles. The van der Waals surface area contributed by atoms with Crippen LogP contribution in [0, 0.1) is 5.92 Å². The van der Waals surface area contributed by atoms with Crippen molar-refractivity contribution < 1.29 is 38.4 Å². The van der Waals surface area contributed by atoms with Crippen molar-refractivity contribution in [3.8, 4) is 23.0 Å². The standard InChI is InChI=1S/C33H39N5O8/c1-20-16-38(21(2)18-39)31(40)14-22-13-24(34-32(41)35-25-8-12-28-29(15-25)45-19-44-28)7-11-27(22)46-30(20)17-37(3)33(42)36-23-5-9-26(43-4)10-6-23/h5-13,15,20-21,30,39H,14,16-19H2,1-4H3,(H,36,42)(H2,34,35,41)/t20-,21-,30-/m0/s1. The monoisotopic (exact) mass is 633 g/mol. The number of nitrogens with zero attached hydrogens (tertiary/aromatic N) is 2. The smallest absolute Gasteiger partial charge is 0.323 e. The Morgan fingerprint density at radius 2 is 1.63 bits per heavy atom. The Kier molecular flexibility index (Phi) is 10.0. The number of ether oxygens (including phenoxy) is 4. The normalized spacial score (nSPS) is 17.8. The zero-order chi connectivity index (χ0) is 32.8. The number of carbonyl (C=O) groups is 3. The molecule has 2 heterocycles. The number of hydrogen-bond donors (Lipinski definition) is 4. The van der Waals surface area contributed by atoms with E-state index >= 15 is 0 Å². The summed E-state index contributed by atoms with van der Waals surface area (Å²) in [5.41, 5.74) is 2.15. The number of likely N-dealkylation sites (N-methyl/N-ethyl adjacent to an activating group) is 1. The second-order valence-electron chi connectivity index (χ2n) is 11.4. The first-order chi connectivity index (χ1) is 22.1. The number of aliphatic hydroxyl groups is 1. The maximum Gasteiger partial charge on any atom is 0.323 e. The van der Waals surface area contributed by atoms with Gasteiger partial charge in [-0.1, -0.05) is 6.92 Å². The summed E-state index contributed by atoms with van der Waals surface area (Å²) in [7, 11) is 3.25. The van der Waals surface area contributed by atoms with E-state index in [1.807, 2.05) is 6.92 Å². The molecular formula is C33H39N5O8. The number of methoxy groups -OCH3 is 1. The number of carbonyl (C=O) groups excluding carboxylic acids is 3. The summed E-state index contributed by atoms with van der Waals surface area (Å²) < 4.78 is 22.4. The van der Waals surface area contributed by atoms with Crippen LogP contribution in [0.4, 0.5) is 26.7 Å². The minimum absolute atomic E-state index is 0.00773. The SMILES string of the molecule is COc1ccc(NC(=O)N(C)C[C@@H]2Oc3ccc(NC(=O)Nc4ccc5c(c4)OCO5)cc3CC(=O)N([C@@H](C)CO)C[C@@H]2C)cc1. The van der Waals surface area contributed by atoms with Crippen LogP contribution in [0.15, 0.2) is 60.7 Å². The summed E-state index contributed by atoms with van der Waals surface area (Å²) >= 11 is 0. The van der Waals surface area contributed by atoms with Crippen LogP contribution in [-0.4, -0.2) is 85.7 Å². The Balaban J connectivity index is 1.33. The van der Waals surface area contributed by atoms with Crippen molar-refractivity contribution in [1.29, 1.82) is 0 Å². The Morgan fingerprint density at radius 3 is 2.33 bits per heavy atom. The van der Waals surface area contributed by atoms with Crippen LogP contribution in [0.3, 0.4) is 0 Å². The number of aliphatic hydroxyl groups excluding tert-OH is 1. The lowest BCUT2D eigenvalue weighted by Gasteiger charge is -2.34. The van der Waals surface area contributed by atoms with Crippen molar-refractivity contribution in [2.24, 2.45) is 5.92 Å². The first-order valence-electron chi connectivity index (χ1n) is 15.0. The van der Waals surface area contributed by atoms with Crippen LogP contribution >= 0.6 is 0 Å². The molecule has 2 aliphatic rings. The van der Waals surface area contributed by atoms with Gasteiger partial charge in [-0.25, -0.2) is 9.59 Å². The third-order valence-electron chi connectivity index (χ3n) is 7.95. The Morgan fingerprint density at radius 1 is 0.978 bits per heavy atom. The van der Waals surface area contributed by atoms with Gasteiger partial charge in [-0.3, -0.25) is 4.79 Å². The van der Waals surface area contributed by atoms with Crippen molar-refractivity contribution in [2.75, 3.05) is 56.6 Å². The molecule has 0 saturated carbocycles. The maximum atomic E-state index is 13.5. The van der Waals surface area contributed by atoms with E-state index in [0.29, 0.717) is 52.2 Å². The molecule has 0 bridgehead atoms. The first kappa shape index (κ1) is 32.2. The van der Waals surface area contributed by atoms with E-state index in [0.717, 1.165) is 0 Å². The summed E-state index contributed by atoms with van der Waals surface area (Å²) in [4.78, 5) is 42.6. The lowest BCUT2D eigenvalue weighted by Crippen LogP contribution is -2.48. The fourth-order valence-corrected chi connectivity index (χ4v) is 5.24. The highest BCUT2D eigenvalue weighted by Crippen LogP contribution is 2.34. The second-order valence-corrected chi connectivity index (χ2v) is 11.4. The summed E-state index contributed by atoms with van der Waals surface area (Å²) in [5.74, 6) is 1.90. The van der Waals surface area contributed by atoms with Crippen molar-refractivity contribution in [2.45, 2.75) is 32.4 Å². The van der Waals surface area contributed by atoms with E-state index < -0.39 is 18.2 Å². The highest BCUT2D eigenvalue weighted by Gasteiger charge is 2.32. The van der Waals surface area contributed by atoms with Crippen molar-refractivity contribution in [3.05, 3.63) is 66.2 Å². The minimum Gasteiger partial charge on any atom is -0.497 e. The predicted octanol–water partition coefficient (Wildman–Crippen LogP) is 4.38. The molecule has 5 amide bonds. The molecule has 5 rings (SSSR count). The molecule has 3 atom stereocenters. The number of urea groups is 2.